The van der Waals surface area contributed by atoms with Crippen LogP contribution in [0.3, 0.4) is 0 Å². The maximum atomic E-state index is 11.1. The molecule has 0 saturated heterocycles. The van der Waals surface area contributed by atoms with E-state index in [2.05, 4.69) is 0 Å². The summed E-state index contributed by atoms with van der Waals surface area (Å²) in [4.78, 5) is 22.2. The molecule has 0 aromatic rings. The van der Waals surface area contributed by atoms with Crippen molar-refractivity contribution in [2.75, 3.05) is 13.2 Å². The van der Waals surface area contributed by atoms with Crippen molar-refractivity contribution >= 4 is 11.9 Å². The van der Waals surface area contributed by atoms with E-state index in [4.69, 9.17) is 9.47 Å². The standard InChI is InChI=1S/C9H14O4/c1-3-12-8(10)6-5-7(6)9(11)13-4-2/h6-7H,3-5H2,1-2H3. The molecule has 1 aliphatic carbocycles. The molecule has 2 atom stereocenters. The molecule has 1 saturated carbocycles. The topological polar surface area (TPSA) is 52.6 Å². The molecule has 1 fully saturated rings. The van der Waals surface area contributed by atoms with Crippen LogP contribution in [0.15, 0.2) is 0 Å². The highest BCUT2D eigenvalue weighted by Crippen LogP contribution is 2.40. The van der Waals surface area contributed by atoms with Crippen LogP contribution >= 0.6 is 0 Å². The summed E-state index contributed by atoms with van der Waals surface area (Å²) in [5, 5.41) is 0. The van der Waals surface area contributed by atoms with Crippen molar-refractivity contribution in [3.05, 3.63) is 0 Å². The molecule has 0 aromatic heterocycles. The Morgan fingerprint density at radius 1 is 1.08 bits per heavy atom. The fraction of sp³-hybridized carbons (Fsp3) is 0.778. The fourth-order valence-electron chi connectivity index (χ4n) is 1.21. The maximum Gasteiger partial charge on any atom is 0.309 e. The molecule has 0 radical (unpaired) electrons. The summed E-state index contributed by atoms with van der Waals surface area (Å²) in [5.41, 5.74) is 0. The number of hydrogen-bond donors (Lipinski definition) is 0. The normalized spacial score (nSPS) is 25.1. The minimum Gasteiger partial charge on any atom is -0.466 e. The lowest BCUT2D eigenvalue weighted by atomic mass is 10.3. The molecular formula is C9H14O4. The summed E-state index contributed by atoms with van der Waals surface area (Å²) >= 11 is 0. The molecule has 13 heavy (non-hydrogen) atoms. The quantitative estimate of drug-likeness (QED) is 0.608. The van der Waals surface area contributed by atoms with Gasteiger partial charge in [0.1, 0.15) is 0 Å². The van der Waals surface area contributed by atoms with E-state index in [1.165, 1.54) is 0 Å². The van der Waals surface area contributed by atoms with Crippen molar-refractivity contribution in [3.63, 3.8) is 0 Å². The Kier molecular flexibility index (Phi) is 3.28. The molecule has 1 aliphatic rings. The number of ether oxygens (including phenoxy) is 2. The van der Waals surface area contributed by atoms with E-state index in [-0.39, 0.29) is 23.8 Å². The van der Waals surface area contributed by atoms with Crippen LogP contribution < -0.4 is 0 Å². The van der Waals surface area contributed by atoms with Crippen molar-refractivity contribution in [2.24, 2.45) is 11.8 Å². The van der Waals surface area contributed by atoms with Crippen molar-refractivity contribution in [1.82, 2.24) is 0 Å². The Balaban J connectivity index is 2.29. The average molecular weight is 186 g/mol. The number of esters is 2. The van der Waals surface area contributed by atoms with Gasteiger partial charge in [-0.2, -0.15) is 0 Å². The monoisotopic (exact) mass is 186 g/mol. The zero-order valence-electron chi connectivity index (χ0n) is 7.91. The van der Waals surface area contributed by atoms with Crippen LogP contribution in [0.4, 0.5) is 0 Å². The third kappa shape index (κ3) is 2.44. The molecule has 0 N–H and O–H groups in total. The summed E-state index contributed by atoms with van der Waals surface area (Å²) in [6.45, 7) is 4.23. The average Bonchev–Trinajstić information content (AvgIpc) is 2.84. The van der Waals surface area contributed by atoms with Crippen LogP contribution in [0.2, 0.25) is 0 Å². The SMILES string of the molecule is CCOC(=O)C1CC1C(=O)OCC. The van der Waals surface area contributed by atoms with Gasteiger partial charge in [-0.1, -0.05) is 0 Å². The number of rotatable bonds is 4. The third-order valence-electron chi connectivity index (χ3n) is 1.97. The minimum absolute atomic E-state index is 0.251. The van der Waals surface area contributed by atoms with Gasteiger partial charge in [-0.3, -0.25) is 9.59 Å². The van der Waals surface area contributed by atoms with Gasteiger partial charge in [0, 0.05) is 0 Å². The van der Waals surface area contributed by atoms with Crippen molar-refractivity contribution in [3.8, 4) is 0 Å². The fourth-order valence-corrected chi connectivity index (χ4v) is 1.21. The van der Waals surface area contributed by atoms with Crippen LogP contribution in [0.5, 0.6) is 0 Å². The van der Waals surface area contributed by atoms with Gasteiger partial charge in [0.2, 0.25) is 0 Å². The van der Waals surface area contributed by atoms with Crippen LogP contribution in [0.1, 0.15) is 20.3 Å². The predicted molar refractivity (Wildman–Crippen MR) is 44.9 cm³/mol. The van der Waals surface area contributed by atoms with E-state index in [0.29, 0.717) is 19.6 Å². The van der Waals surface area contributed by atoms with Crippen LogP contribution in [0.25, 0.3) is 0 Å². The predicted octanol–water partition coefficient (Wildman–Crippen LogP) is 0.749. The van der Waals surface area contributed by atoms with Gasteiger partial charge >= 0.3 is 11.9 Å². The third-order valence-corrected chi connectivity index (χ3v) is 1.97. The smallest absolute Gasteiger partial charge is 0.309 e. The molecule has 0 spiro atoms. The van der Waals surface area contributed by atoms with Crippen molar-refractivity contribution < 1.29 is 19.1 Å². The molecule has 4 nitrogen and oxygen atoms in total. The molecule has 0 heterocycles. The lowest BCUT2D eigenvalue weighted by Crippen LogP contribution is -2.13. The van der Waals surface area contributed by atoms with Gasteiger partial charge in [0.15, 0.2) is 0 Å². The summed E-state index contributed by atoms with van der Waals surface area (Å²) in [7, 11) is 0. The highest BCUT2D eigenvalue weighted by Gasteiger charge is 2.50. The second kappa shape index (κ2) is 4.25. The van der Waals surface area contributed by atoms with Crippen LogP contribution in [0, 0.1) is 11.8 Å². The Bertz CT molecular complexity index is 190. The maximum absolute atomic E-state index is 11.1. The van der Waals surface area contributed by atoms with E-state index in [1.807, 2.05) is 0 Å². The molecule has 1 rings (SSSR count). The first kappa shape index (κ1) is 10.0. The summed E-state index contributed by atoms with van der Waals surface area (Å²) in [6, 6.07) is 0. The first-order chi connectivity index (χ1) is 6.20. The zero-order valence-corrected chi connectivity index (χ0v) is 7.91. The number of carbonyl (C=O) groups is 2. The molecule has 0 amide bonds. The second-order valence-electron chi connectivity index (χ2n) is 2.95. The molecule has 0 aromatic carbocycles. The summed E-state index contributed by atoms with van der Waals surface area (Å²) < 4.78 is 9.56. The van der Waals surface area contributed by atoms with Gasteiger partial charge in [0.05, 0.1) is 25.0 Å². The Morgan fingerprint density at radius 3 is 1.77 bits per heavy atom. The summed E-state index contributed by atoms with van der Waals surface area (Å²) in [5.74, 6) is -1.06. The van der Waals surface area contributed by atoms with Gasteiger partial charge in [-0.15, -0.1) is 0 Å². The van der Waals surface area contributed by atoms with Gasteiger partial charge in [0.25, 0.3) is 0 Å². The van der Waals surface area contributed by atoms with Gasteiger partial charge < -0.3 is 9.47 Å². The lowest BCUT2D eigenvalue weighted by molar-refractivity contribution is -0.150. The Hall–Kier alpha value is -1.06. The molecule has 4 heteroatoms. The number of carbonyl (C=O) groups excluding carboxylic acids is 2. The Labute approximate surface area is 77.2 Å². The van der Waals surface area contributed by atoms with Crippen molar-refractivity contribution in [1.29, 1.82) is 0 Å². The Morgan fingerprint density at radius 2 is 1.46 bits per heavy atom. The highest BCUT2D eigenvalue weighted by atomic mass is 16.5. The molecule has 0 aliphatic heterocycles. The molecular weight excluding hydrogens is 172 g/mol. The summed E-state index contributed by atoms with van der Waals surface area (Å²) in [6.07, 6.45) is 0.581. The second-order valence-corrected chi connectivity index (χ2v) is 2.95. The number of hydrogen-bond acceptors (Lipinski definition) is 4. The first-order valence-electron chi connectivity index (χ1n) is 4.54. The first-order valence-corrected chi connectivity index (χ1v) is 4.54. The van der Waals surface area contributed by atoms with E-state index in [1.54, 1.807) is 13.8 Å². The van der Waals surface area contributed by atoms with Crippen molar-refractivity contribution in [2.45, 2.75) is 20.3 Å². The highest BCUT2D eigenvalue weighted by molar-refractivity contribution is 5.87. The van der Waals surface area contributed by atoms with E-state index in [0.717, 1.165) is 0 Å². The van der Waals surface area contributed by atoms with E-state index < -0.39 is 0 Å². The molecule has 0 bridgehead atoms. The molecule has 2 unspecified atom stereocenters. The van der Waals surface area contributed by atoms with Gasteiger partial charge in [-0.05, 0) is 20.3 Å². The van der Waals surface area contributed by atoms with Crippen LogP contribution in [-0.4, -0.2) is 25.2 Å². The largest absolute Gasteiger partial charge is 0.466 e. The van der Waals surface area contributed by atoms with E-state index >= 15 is 0 Å². The zero-order chi connectivity index (χ0) is 9.84. The minimum atomic E-state index is -0.277. The van der Waals surface area contributed by atoms with Gasteiger partial charge in [-0.25, -0.2) is 0 Å². The molecule has 74 valence electrons. The van der Waals surface area contributed by atoms with E-state index in [9.17, 15) is 9.59 Å². The lowest BCUT2D eigenvalue weighted by Gasteiger charge is -2.00. The van der Waals surface area contributed by atoms with Crippen LogP contribution in [-0.2, 0) is 19.1 Å².